The van der Waals surface area contributed by atoms with Gasteiger partial charge in [0.15, 0.2) is 11.1 Å². The van der Waals surface area contributed by atoms with E-state index in [2.05, 4.69) is 22.9 Å². The first kappa shape index (κ1) is 27.1. The SMILES string of the molecule is CCCCC(CCCn1cc(C2=C(c3cn(C)c4ccccc34)C(=O)NC2=O)c2ccccc21)CS(=O)OC. The third-order valence-corrected chi connectivity index (χ3v) is 8.81. The summed E-state index contributed by atoms with van der Waals surface area (Å²) in [7, 11) is 3.44. The van der Waals surface area contributed by atoms with Gasteiger partial charge in [-0.3, -0.25) is 19.1 Å². The summed E-state index contributed by atoms with van der Waals surface area (Å²) in [5.41, 5.74) is 4.38. The molecule has 1 aliphatic heterocycles. The van der Waals surface area contributed by atoms with Crippen molar-refractivity contribution >= 4 is 55.8 Å². The van der Waals surface area contributed by atoms with Gasteiger partial charge in [-0.2, -0.15) is 0 Å². The molecule has 0 aliphatic carbocycles. The molecule has 2 atom stereocenters. The van der Waals surface area contributed by atoms with Crippen molar-refractivity contribution < 1.29 is 18.0 Å². The lowest BCUT2D eigenvalue weighted by molar-refractivity contribution is -0.122. The first-order valence-electron chi connectivity index (χ1n) is 13.6. The minimum absolute atomic E-state index is 0.339. The number of para-hydroxylation sites is 2. The van der Waals surface area contributed by atoms with Gasteiger partial charge in [-0.1, -0.05) is 56.2 Å². The second kappa shape index (κ2) is 11.7. The van der Waals surface area contributed by atoms with Crippen molar-refractivity contribution in [2.24, 2.45) is 13.0 Å². The predicted molar refractivity (Wildman–Crippen MR) is 157 cm³/mol. The van der Waals surface area contributed by atoms with Crippen LogP contribution in [-0.4, -0.2) is 38.0 Å². The first-order valence-corrected chi connectivity index (χ1v) is 14.8. The van der Waals surface area contributed by atoms with E-state index in [0.717, 1.165) is 71.6 Å². The molecule has 0 spiro atoms. The van der Waals surface area contributed by atoms with Crippen molar-refractivity contribution in [3.8, 4) is 0 Å². The molecule has 204 valence electrons. The highest BCUT2D eigenvalue weighted by molar-refractivity contribution is 7.80. The molecule has 0 saturated heterocycles. The van der Waals surface area contributed by atoms with Crippen molar-refractivity contribution in [2.75, 3.05) is 12.9 Å². The Labute approximate surface area is 231 Å². The highest BCUT2D eigenvalue weighted by atomic mass is 32.2. The summed E-state index contributed by atoms with van der Waals surface area (Å²) in [6.45, 7) is 2.93. The molecule has 2 aromatic carbocycles. The highest BCUT2D eigenvalue weighted by Gasteiger charge is 2.35. The van der Waals surface area contributed by atoms with Crippen LogP contribution in [0.25, 0.3) is 33.0 Å². The van der Waals surface area contributed by atoms with E-state index in [1.165, 1.54) is 7.11 Å². The van der Waals surface area contributed by atoms with E-state index in [1.807, 2.05) is 66.5 Å². The van der Waals surface area contributed by atoms with Crippen LogP contribution < -0.4 is 5.32 Å². The third-order valence-electron chi connectivity index (χ3n) is 7.69. The van der Waals surface area contributed by atoms with E-state index in [0.29, 0.717) is 22.8 Å². The molecule has 2 aromatic heterocycles. The van der Waals surface area contributed by atoms with Gasteiger partial charge in [0, 0.05) is 58.9 Å². The lowest BCUT2D eigenvalue weighted by atomic mass is 9.95. The van der Waals surface area contributed by atoms with Crippen molar-refractivity contribution in [3.63, 3.8) is 0 Å². The van der Waals surface area contributed by atoms with Crippen LogP contribution in [0.15, 0.2) is 60.9 Å². The Morgan fingerprint density at radius 3 is 2.13 bits per heavy atom. The minimum atomic E-state index is -1.26. The van der Waals surface area contributed by atoms with Gasteiger partial charge in [0.2, 0.25) is 0 Å². The molecule has 1 aliphatic rings. The van der Waals surface area contributed by atoms with Gasteiger partial charge >= 0.3 is 0 Å². The van der Waals surface area contributed by atoms with Crippen molar-refractivity contribution in [3.05, 3.63) is 72.1 Å². The number of nitrogens with one attached hydrogen (secondary N) is 1. The highest BCUT2D eigenvalue weighted by Crippen LogP contribution is 2.38. The molecule has 5 rings (SSSR count). The van der Waals surface area contributed by atoms with Crippen molar-refractivity contribution in [1.29, 1.82) is 0 Å². The molecule has 2 amide bonds. The van der Waals surface area contributed by atoms with Crippen LogP contribution in [0.4, 0.5) is 0 Å². The first-order chi connectivity index (χ1) is 18.9. The van der Waals surface area contributed by atoms with Crippen LogP contribution >= 0.6 is 0 Å². The molecular weight excluding hydrogens is 510 g/mol. The van der Waals surface area contributed by atoms with Crippen LogP contribution in [0.5, 0.6) is 0 Å². The predicted octanol–water partition coefficient (Wildman–Crippen LogP) is 5.60. The Bertz CT molecular complexity index is 1600. The fraction of sp³-hybridized carbons (Fsp3) is 0.355. The number of nitrogens with zero attached hydrogens (tertiary/aromatic N) is 2. The maximum atomic E-state index is 13.3. The number of unbranched alkanes of at least 4 members (excludes halogenated alkanes) is 1. The monoisotopic (exact) mass is 545 g/mol. The van der Waals surface area contributed by atoms with Crippen LogP contribution in [-0.2, 0) is 38.4 Å². The summed E-state index contributed by atoms with van der Waals surface area (Å²) in [4.78, 5) is 26.4. The maximum absolute atomic E-state index is 13.3. The average molecular weight is 546 g/mol. The summed E-state index contributed by atoms with van der Waals surface area (Å²) < 4.78 is 21.2. The number of fused-ring (bicyclic) bond motifs is 2. The second-order valence-corrected chi connectivity index (χ2v) is 11.5. The van der Waals surface area contributed by atoms with Crippen LogP contribution in [0.3, 0.4) is 0 Å². The molecule has 0 radical (unpaired) electrons. The Morgan fingerprint density at radius 2 is 1.46 bits per heavy atom. The standard InChI is InChI=1S/C31H35N3O4S/c1-4-5-11-21(20-39(37)38-3)12-10-17-34-19-25(23-14-7-9-16-27(23)34)29-28(30(35)32-31(29)36)24-18-33(2)26-15-8-6-13-22(24)26/h6-9,13-16,18-19,21H,4-5,10-12,17,20H2,1-3H3,(H,32,35,36). The zero-order chi connectivity index (χ0) is 27.5. The molecule has 7 nitrogen and oxygen atoms in total. The quantitative estimate of drug-likeness (QED) is 0.235. The molecule has 2 unspecified atom stereocenters. The van der Waals surface area contributed by atoms with Crippen LogP contribution in [0.1, 0.15) is 50.2 Å². The largest absolute Gasteiger partial charge is 0.350 e. The third kappa shape index (κ3) is 5.36. The van der Waals surface area contributed by atoms with Gasteiger partial charge < -0.3 is 9.13 Å². The van der Waals surface area contributed by atoms with Gasteiger partial charge in [-0.05, 0) is 37.3 Å². The van der Waals surface area contributed by atoms with Gasteiger partial charge in [0.05, 0.1) is 24.0 Å². The summed E-state index contributed by atoms with van der Waals surface area (Å²) >= 11 is -1.26. The normalized spacial score (nSPS) is 15.5. The molecule has 39 heavy (non-hydrogen) atoms. The number of carbonyl (C=O) groups excluding carboxylic acids is 2. The fourth-order valence-corrected chi connectivity index (χ4v) is 6.61. The summed E-state index contributed by atoms with van der Waals surface area (Å²) in [6, 6.07) is 15.9. The summed E-state index contributed by atoms with van der Waals surface area (Å²) in [6.07, 6.45) is 9.04. The molecule has 0 bridgehead atoms. The number of hydrogen-bond donors (Lipinski definition) is 1. The Hall–Kier alpha value is -3.49. The smallest absolute Gasteiger partial charge is 0.259 e. The zero-order valence-corrected chi connectivity index (χ0v) is 23.6. The zero-order valence-electron chi connectivity index (χ0n) is 22.7. The number of amides is 2. The van der Waals surface area contributed by atoms with Crippen LogP contribution in [0.2, 0.25) is 0 Å². The van der Waals surface area contributed by atoms with E-state index in [4.69, 9.17) is 4.18 Å². The lowest BCUT2D eigenvalue weighted by Gasteiger charge is -2.16. The number of aromatic nitrogens is 2. The lowest BCUT2D eigenvalue weighted by Crippen LogP contribution is -2.22. The van der Waals surface area contributed by atoms with Crippen molar-refractivity contribution in [2.45, 2.75) is 45.6 Å². The van der Waals surface area contributed by atoms with Crippen molar-refractivity contribution in [1.82, 2.24) is 14.5 Å². The molecule has 0 saturated carbocycles. The fourth-order valence-electron chi connectivity index (χ4n) is 5.76. The number of hydrogen-bond acceptors (Lipinski definition) is 4. The van der Waals surface area contributed by atoms with E-state index in [-0.39, 0.29) is 11.8 Å². The average Bonchev–Trinajstić information content (AvgIpc) is 3.57. The molecular formula is C31H35N3O4S. The van der Waals surface area contributed by atoms with E-state index < -0.39 is 11.1 Å². The number of carbonyl (C=O) groups is 2. The Kier molecular flexibility index (Phi) is 8.14. The number of benzene rings is 2. The maximum Gasteiger partial charge on any atom is 0.259 e. The summed E-state index contributed by atoms with van der Waals surface area (Å²) in [5, 5.41) is 4.43. The van der Waals surface area contributed by atoms with Crippen LogP contribution in [0, 0.1) is 5.92 Å². The van der Waals surface area contributed by atoms with E-state index in [9.17, 15) is 13.8 Å². The summed E-state index contributed by atoms with van der Waals surface area (Å²) in [5.74, 6) is 0.157. The van der Waals surface area contributed by atoms with Gasteiger partial charge in [0.1, 0.15) is 0 Å². The molecule has 8 heteroatoms. The van der Waals surface area contributed by atoms with Gasteiger partial charge in [0.25, 0.3) is 11.8 Å². The Balaban J connectivity index is 1.51. The van der Waals surface area contributed by atoms with E-state index >= 15 is 0 Å². The van der Waals surface area contributed by atoms with E-state index in [1.54, 1.807) is 0 Å². The molecule has 4 aromatic rings. The Morgan fingerprint density at radius 1 is 0.872 bits per heavy atom. The number of rotatable bonds is 12. The molecule has 1 N–H and O–H groups in total. The minimum Gasteiger partial charge on any atom is -0.350 e. The number of aryl methyl sites for hydroxylation is 2. The molecule has 3 heterocycles. The molecule has 0 fully saturated rings. The second-order valence-electron chi connectivity index (χ2n) is 10.2. The van der Waals surface area contributed by atoms with Gasteiger partial charge in [-0.25, -0.2) is 4.21 Å². The topological polar surface area (TPSA) is 82.3 Å². The number of imide groups is 1. The van der Waals surface area contributed by atoms with Gasteiger partial charge in [-0.15, -0.1) is 0 Å².